The van der Waals surface area contributed by atoms with Crippen LogP contribution in [0.15, 0.2) is 0 Å². The van der Waals surface area contributed by atoms with Gasteiger partial charge in [-0.3, -0.25) is 4.90 Å². The van der Waals surface area contributed by atoms with Crippen molar-refractivity contribution in [3.05, 3.63) is 0 Å². The average molecular weight is 260 g/mol. The molecule has 3 atom stereocenters. The van der Waals surface area contributed by atoms with Gasteiger partial charge in [0.2, 0.25) is 0 Å². The molecular weight excluding hydrogens is 232 g/mol. The van der Waals surface area contributed by atoms with Gasteiger partial charge in [-0.05, 0) is 25.2 Å². The van der Waals surface area contributed by atoms with Gasteiger partial charge < -0.3 is 20.6 Å². The Labute approximate surface area is 110 Å². The molecule has 4 N–H and O–H groups in total. The standard InChI is InChI=1S/C13H28N2O3/c1-11-2-3-12(10-13(11)14-4-7-16)15(5-8-17)6-9-18/h11-14,16-18H,2-10H2,1H3. The van der Waals surface area contributed by atoms with E-state index in [1.54, 1.807) is 0 Å². The number of aliphatic hydroxyl groups is 3. The summed E-state index contributed by atoms with van der Waals surface area (Å²) in [5, 5.41) is 30.4. The largest absolute Gasteiger partial charge is 0.395 e. The van der Waals surface area contributed by atoms with Gasteiger partial charge in [0, 0.05) is 31.7 Å². The molecule has 0 aromatic heterocycles. The van der Waals surface area contributed by atoms with Gasteiger partial charge in [-0.2, -0.15) is 0 Å². The molecule has 0 spiro atoms. The zero-order chi connectivity index (χ0) is 13.4. The van der Waals surface area contributed by atoms with Gasteiger partial charge in [0.05, 0.1) is 19.8 Å². The molecule has 0 amide bonds. The second kappa shape index (κ2) is 8.82. The number of hydrogen-bond donors (Lipinski definition) is 4. The van der Waals surface area contributed by atoms with Crippen molar-refractivity contribution in [2.24, 2.45) is 5.92 Å². The number of aliphatic hydroxyl groups excluding tert-OH is 3. The summed E-state index contributed by atoms with van der Waals surface area (Å²) in [7, 11) is 0. The maximum absolute atomic E-state index is 9.08. The Morgan fingerprint density at radius 3 is 2.28 bits per heavy atom. The van der Waals surface area contributed by atoms with Gasteiger partial charge in [0.1, 0.15) is 0 Å². The molecule has 0 aromatic carbocycles. The first-order valence-electron chi connectivity index (χ1n) is 7.03. The number of nitrogens with zero attached hydrogens (tertiary/aromatic N) is 1. The second-order valence-electron chi connectivity index (χ2n) is 5.21. The van der Waals surface area contributed by atoms with E-state index in [9.17, 15) is 0 Å². The molecule has 1 fully saturated rings. The molecule has 0 bridgehead atoms. The number of nitrogens with one attached hydrogen (secondary N) is 1. The summed E-state index contributed by atoms with van der Waals surface area (Å²) in [6.45, 7) is 4.60. The summed E-state index contributed by atoms with van der Waals surface area (Å²) in [6.07, 6.45) is 3.31. The summed E-state index contributed by atoms with van der Waals surface area (Å²) < 4.78 is 0. The van der Waals surface area contributed by atoms with E-state index in [0.29, 0.717) is 37.6 Å². The Kier molecular flexibility index (Phi) is 7.77. The van der Waals surface area contributed by atoms with Gasteiger partial charge in [-0.1, -0.05) is 6.92 Å². The van der Waals surface area contributed by atoms with Crippen LogP contribution in [0.2, 0.25) is 0 Å². The van der Waals surface area contributed by atoms with Crippen molar-refractivity contribution in [1.29, 1.82) is 0 Å². The summed E-state index contributed by atoms with van der Waals surface area (Å²) >= 11 is 0. The molecule has 1 saturated carbocycles. The Hall–Kier alpha value is -0.200. The van der Waals surface area contributed by atoms with E-state index in [1.807, 2.05) is 0 Å². The normalized spacial score (nSPS) is 28.8. The van der Waals surface area contributed by atoms with Crippen molar-refractivity contribution in [3.63, 3.8) is 0 Å². The molecule has 0 aliphatic heterocycles. The van der Waals surface area contributed by atoms with Crippen LogP contribution in [-0.4, -0.2) is 71.8 Å². The zero-order valence-corrected chi connectivity index (χ0v) is 11.4. The fourth-order valence-electron chi connectivity index (χ4n) is 2.90. The minimum atomic E-state index is 0.140. The van der Waals surface area contributed by atoms with E-state index >= 15 is 0 Å². The van der Waals surface area contributed by atoms with E-state index in [-0.39, 0.29) is 19.8 Å². The van der Waals surface area contributed by atoms with Gasteiger partial charge in [0.25, 0.3) is 0 Å². The van der Waals surface area contributed by atoms with Gasteiger partial charge >= 0.3 is 0 Å². The van der Waals surface area contributed by atoms with Crippen LogP contribution in [0.5, 0.6) is 0 Å². The van der Waals surface area contributed by atoms with Crippen molar-refractivity contribution in [2.75, 3.05) is 39.5 Å². The van der Waals surface area contributed by atoms with Crippen LogP contribution in [0.3, 0.4) is 0 Å². The molecule has 0 radical (unpaired) electrons. The summed E-state index contributed by atoms with van der Waals surface area (Å²) in [4.78, 5) is 2.18. The van der Waals surface area contributed by atoms with E-state index < -0.39 is 0 Å². The molecule has 1 rings (SSSR count). The van der Waals surface area contributed by atoms with Gasteiger partial charge in [-0.15, -0.1) is 0 Å². The van der Waals surface area contributed by atoms with Crippen LogP contribution in [0.25, 0.3) is 0 Å². The molecule has 0 aromatic rings. The summed E-state index contributed by atoms with van der Waals surface area (Å²) in [5.74, 6) is 0.623. The van der Waals surface area contributed by atoms with Crippen LogP contribution in [0, 0.1) is 5.92 Å². The molecule has 1 aliphatic rings. The highest BCUT2D eigenvalue weighted by molar-refractivity contribution is 4.87. The van der Waals surface area contributed by atoms with Crippen LogP contribution in [0.1, 0.15) is 26.2 Å². The molecule has 5 heteroatoms. The lowest BCUT2D eigenvalue weighted by Crippen LogP contribution is -2.49. The maximum Gasteiger partial charge on any atom is 0.0558 e. The molecular formula is C13H28N2O3. The average Bonchev–Trinajstić information content (AvgIpc) is 2.38. The van der Waals surface area contributed by atoms with Crippen LogP contribution in [0.4, 0.5) is 0 Å². The lowest BCUT2D eigenvalue weighted by molar-refractivity contribution is 0.0785. The molecule has 18 heavy (non-hydrogen) atoms. The first-order valence-corrected chi connectivity index (χ1v) is 7.03. The lowest BCUT2D eigenvalue weighted by Gasteiger charge is -2.40. The smallest absolute Gasteiger partial charge is 0.0558 e. The third-order valence-corrected chi connectivity index (χ3v) is 3.98. The monoisotopic (exact) mass is 260 g/mol. The maximum atomic E-state index is 9.08. The highest BCUT2D eigenvalue weighted by atomic mass is 16.3. The lowest BCUT2D eigenvalue weighted by atomic mass is 9.82. The topological polar surface area (TPSA) is 76.0 Å². The molecule has 5 nitrogen and oxygen atoms in total. The first kappa shape index (κ1) is 15.9. The summed E-state index contributed by atoms with van der Waals surface area (Å²) in [5.41, 5.74) is 0. The predicted octanol–water partition coefficient (Wildman–Crippen LogP) is -0.588. The quantitative estimate of drug-likeness (QED) is 0.469. The van der Waals surface area contributed by atoms with Crippen molar-refractivity contribution in [1.82, 2.24) is 10.2 Å². The van der Waals surface area contributed by atoms with Crippen molar-refractivity contribution in [2.45, 2.75) is 38.3 Å². The van der Waals surface area contributed by atoms with E-state index in [4.69, 9.17) is 15.3 Å². The van der Waals surface area contributed by atoms with Crippen LogP contribution in [-0.2, 0) is 0 Å². The fourth-order valence-corrected chi connectivity index (χ4v) is 2.90. The predicted molar refractivity (Wildman–Crippen MR) is 71.4 cm³/mol. The minimum Gasteiger partial charge on any atom is -0.395 e. The Balaban J connectivity index is 2.49. The Morgan fingerprint density at radius 1 is 1.06 bits per heavy atom. The third-order valence-electron chi connectivity index (χ3n) is 3.98. The van der Waals surface area contributed by atoms with E-state index in [1.165, 1.54) is 0 Å². The molecule has 108 valence electrons. The summed E-state index contributed by atoms with van der Waals surface area (Å²) in [6, 6.07) is 0.854. The highest BCUT2D eigenvalue weighted by Crippen LogP contribution is 2.27. The van der Waals surface area contributed by atoms with Gasteiger partial charge in [0.15, 0.2) is 0 Å². The SMILES string of the molecule is CC1CCC(N(CCO)CCO)CC1NCCO. The van der Waals surface area contributed by atoms with Crippen LogP contribution >= 0.6 is 0 Å². The van der Waals surface area contributed by atoms with Crippen molar-refractivity contribution in [3.8, 4) is 0 Å². The fraction of sp³-hybridized carbons (Fsp3) is 1.00. The highest BCUT2D eigenvalue weighted by Gasteiger charge is 2.30. The van der Waals surface area contributed by atoms with Crippen molar-refractivity contribution < 1.29 is 15.3 Å². The second-order valence-corrected chi connectivity index (χ2v) is 5.21. The first-order chi connectivity index (χ1) is 8.72. The van der Waals surface area contributed by atoms with E-state index in [2.05, 4.69) is 17.1 Å². The molecule has 3 unspecified atom stereocenters. The Morgan fingerprint density at radius 2 is 1.72 bits per heavy atom. The minimum absolute atomic E-state index is 0.140. The third kappa shape index (κ3) is 4.82. The van der Waals surface area contributed by atoms with Gasteiger partial charge in [-0.25, -0.2) is 0 Å². The zero-order valence-electron chi connectivity index (χ0n) is 11.4. The Bertz CT molecular complexity index is 210. The molecule has 1 aliphatic carbocycles. The van der Waals surface area contributed by atoms with Crippen LogP contribution < -0.4 is 5.32 Å². The number of rotatable bonds is 8. The van der Waals surface area contributed by atoms with E-state index in [0.717, 1.165) is 19.3 Å². The van der Waals surface area contributed by atoms with Crippen molar-refractivity contribution >= 4 is 0 Å². The molecule has 0 saturated heterocycles. The molecule has 0 heterocycles. The number of hydrogen-bond acceptors (Lipinski definition) is 5.